The highest BCUT2D eigenvalue weighted by Crippen LogP contribution is 2.24. The van der Waals surface area contributed by atoms with Gasteiger partial charge in [0.25, 0.3) is 0 Å². The number of hydrogen-bond donors (Lipinski definition) is 1. The van der Waals surface area contributed by atoms with Gasteiger partial charge < -0.3 is 5.73 Å². The monoisotopic (exact) mass is 305 g/mol. The summed E-state index contributed by atoms with van der Waals surface area (Å²) < 4.78 is 13.0. The fourth-order valence-electron chi connectivity index (χ4n) is 2.18. The van der Waals surface area contributed by atoms with Gasteiger partial charge in [-0.2, -0.15) is 0 Å². The molecule has 0 saturated heterocycles. The number of carbonyl (C=O) groups excluding carboxylic acids is 1. The van der Waals surface area contributed by atoms with E-state index < -0.39 is 5.82 Å². The van der Waals surface area contributed by atoms with Gasteiger partial charge in [-0.15, -0.1) is 0 Å². The summed E-state index contributed by atoms with van der Waals surface area (Å²) in [5, 5.41) is 0.267. The lowest BCUT2D eigenvalue weighted by Crippen LogP contribution is -2.27. The molecular formula is C17H17ClFNO. The van der Waals surface area contributed by atoms with E-state index in [-0.39, 0.29) is 29.2 Å². The summed E-state index contributed by atoms with van der Waals surface area (Å²) in [4.78, 5) is 12.3. The Bertz CT molecular complexity index is 630. The smallest absolute Gasteiger partial charge is 0.142 e. The Morgan fingerprint density at radius 3 is 2.52 bits per heavy atom. The van der Waals surface area contributed by atoms with Crippen molar-refractivity contribution in [1.29, 1.82) is 0 Å². The third-order valence-electron chi connectivity index (χ3n) is 3.61. The molecule has 110 valence electrons. The first-order valence-corrected chi connectivity index (χ1v) is 7.14. The molecule has 2 unspecified atom stereocenters. The zero-order valence-electron chi connectivity index (χ0n) is 11.7. The van der Waals surface area contributed by atoms with Gasteiger partial charge in [-0.25, -0.2) is 4.39 Å². The molecule has 0 aromatic heterocycles. The van der Waals surface area contributed by atoms with Crippen LogP contribution in [0, 0.1) is 11.7 Å². The molecule has 2 aromatic carbocycles. The fraction of sp³-hybridized carbons (Fsp3) is 0.235. The van der Waals surface area contributed by atoms with Gasteiger partial charge in [-0.05, 0) is 23.3 Å². The summed E-state index contributed by atoms with van der Waals surface area (Å²) >= 11 is 5.95. The average molecular weight is 306 g/mol. The first-order chi connectivity index (χ1) is 9.99. The van der Waals surface area contributed by atoms with E-state index in [1.54, 1.807) is 6.92 Å². The second-order valence-corrected chi connectivity index (χ2v) is 5.51. The van der Waals surface area contributed by atoms with E-state index in [2.05, 4.69) is 0 Å². The molecule has 4 heteroatoms. The molecule has 0 saturated carbocycles. The van der Waals surface area contributed by atoms with Gasteiger partial charge >= 0.3 is 0 Å². The van der Waals surface area contributed by atoms with Gasteiger partial charge in [0.15, 0.2) is 0 Å². The zero-order chi connectivity index (χ0) is 15.4. The van der Waals surface area contributed by atoms with Gasteiger partial charge in [0.2, 0.25) is 0 Å². The molecule has 2 N–H and O–H groups in total. The number of benzene rings is 2. The highest BCUT2D eigenvalue weighted by molar-refractivity contribution is 6.31. The lowest BCUT2D eigenvalue weighted by Gasteiger charge is -2.19. The molecule has 21 heavy (non-hydrogen) atoms. The molecule has 2 rings (SSSR count). The minimum absolute atomic E-state index is 0.0140. The third-order valence-corrected chi connectivity index (χ3v) is 3.96. The minimum Gasteiger partial charge on any atom is -0.323 e. The van der Waals surface area contributed by atoms with E-state index in [9.17, 15) is 9.18 Å². The minimum atomic E-state index is -0.412. The van der Waals surface area contributed by atoms with Crippen molar-refractivity contribution in [3.8, 4) is 0 Å². The molecule has 2 nitrogen and oxygen atoms in total. The number of halogens is 2. The van der Waals surface area contributed by atoms with Crippen molar-refractivity contribution >= 4 is 17.4 Å². The van der Waals surface area contributed by atoms with Crippen LogP contribution in [0.15, 0.2) is 48.5 Å². The number of hydrogen-bond acceptors (Lipinski definition) is 2. The summed E-state index contributed by atoms with van der Waals surface area (Å²) in [6.07, 6.45) is 0.154. The molecule has 0 aliphatic heterocycles. The third kappa shape index (κ3) is 3.90. The normalized spacial score (nSPS) is 13.7. The van der Waals surface area contributed by atoms with E-state index in [0.717, 1.165) is 5.56 Å². The standard InChI is InChI=1S/C17H17ClFNO/c1-11(17(20)12-5-3-2-4-6-12)16(21)9-13-7-8-14(19)10-15(13)18/h2-8,10-11,17H,9,20H2,1H3. The number of rotatable bonds is 5. The first-order valence-electron chi connectivity index (χ1n) is 6.76. The molecule has 0 fully saturated rings. The molecular weight excluding hydrogens is 289 g/mol. The van der Waals surface area contributed by atoms with E-state index in [4.69, 9.17) is 17.3 Å². The van der Waals surface area contributed by atoms with E-state index in [1.165, 1.54) is 18.2 Å². The topological polar surface area (TPSA) is 43.1 Å². The lowest BCUT2D eigenvalue weighted by molar-refractivity contribution is -0.122. The molecule has 0 spiro atoms. The maximum absolute atomic E-state index is 13.0. The molecule has 0 radical (unpaired) electrons. The average Bonchev–Trinajstić information content (AvgIpc) is 2.49. The van der Waals surface area contributed by atoms with Crippen LogP contribution in [0.4, 0.5) is 4.39 Å². The van der Waals surface area contributed by atoms with Gasteiger partial charge in [-0.1, -0.05) is 54.9 Å². The molecule has 0 aliphatic carbocycles. The highest BCUT2D eigenvalue weighted by Gasteiger charge is 2.22. The number of carbonyl (C=O) groups is 1. The van der Waals surface area contributed by atoms with Crippen LogP contribution < -0.4 is 5.73 Å². The first kappa shape index (κ1) is 15.7. The molecule has 2 aromatic rings. The lowest BCUT2D eigenvalue weighted by atomic mass is 9.89. The van der Waals surface area contributed by atoms with E-state index in [1.807, 2.05) is 30.3 Å². The van der Waals surface area contributed by atoms with Crippen molar-refractivity contribution in [2.24, 2.45) is 11.7 Å². The van der Waals surface area contributed by atoms with E-state index in [0.29, 0.717) is 5.56 Å². The SMILES string of the molecule is CC(C(=O)Cc1ccc(F)cc1Cl)C(N)c1ccccc1. The summed E-state index contributed by atoms with van der Waals surface area (Å²) in [5.41, 5.74) is 7.68. The fourth-order valence-corrected chi connectivity index (χ4v) is 2.41. The second kappa shape index (κ2) is 6.83. The number of nitrogens with two attached hydrogens (primary N) is 1. The Labute approximate surface area is 128 Å². The number of ketones is 1. The van der Waals surface area contributed by atoms with Crippen molar-refractivity contribution in [2.45, 2.75) is 19.4 Å². The molecule has 0 bridgehead atoms. The van der Waals surface area contributed by atoms with Crippen LogP contribution in [0.25, 0.3) is 0 Å². The summed E-state index contributed by atoms with van der Waals surface area (Å²) in [6, 6.07) is 13.2. The highest BCUT2D eigenvalue weighted by atomic mass is 35.5. The van der Waals surface area contributed by atoms with Crippen LogP contribution in [0.3, 0.4) is 0 Å². The maximum atomic E-state index is 13.0. The van der Waals surface area contributed by atoms with Crippen LogP contribution in [0.2, 0.25) is 5.02 Å². The molecule has 0 amide bonds. The number of Topliss-reactive ketones (excluding diaryl/α,β-unsaturated/α-hetero) is 1. The molecule has 0 aliphatic rings. The Hall–Kier alpha value is -1.71. The van der Waals surface area contributed by atoms with Crippen LogP contribution in [0.1, 0.15) is 24.1 Å². The van der Waals surface area contributed by atoms with Crippen molar-refractivity contribution in [2.75, 3.05) is 0 Å². The van der Waals surface area contributed by atoms with Gasteiger partial charge in [0.05, 0.1) is 0 Å². The van der Waals surface area contributed by atoms with Crippen LogP contribution in [-0.2, 0) is 11.2 Å². The van der Waals surface area contributed by atoms with Crippen LogP contribution >= 0.6 is 11.6 Å². The largest absolute Gasteiger partial charge is 0.323 e. The molecule has 2 atom stereocenters. The van der Waals surface area contributed by atoms with Crippen LogP contribution in [0.5, 0.6) is 0 Å². The predicted molar refractivity (Wildman–Crippen MR) is 82.7 cm³/mol. The van der Waals surface area contributed by atoms with E-state index >= 15 is 0 Å². The van der Waals surface area contributed by atoms with Crippen molar-refractivity contribution in [3.63, 3.8) is 0 Å². The Morgan fingerprint density at radius 1 is 1.24 bits per heavy atom. The Balaban J connectivity index is 2.09. The van der Waals surface area contributed by atoms with Crippen molar-refractivity contribution in [3.05, 3.63) is 70.5 Å². The Morgan fingerprint density at radius 2 is 1.90 bits per heavy atom. The van der Waals surface area contributed by atoms with Crippen molar-refractivity contribution in [1.82, 2.24) is 0 Å². The van der Waals surface area contributed by atoms with Gasteiger partial charge in [0.1, 0.15) is 11.6 Å². The van der Waals surface area contributed by atoms with Crippen molar-refractivity contribution < 1.29 is 9.18 Å². The Kier molecular flexibility index (Phi) is 5.10. The second-order valence-electron chi connectivity index (χ2n) is 5.10. The quantitative estimate of drug-likeness (QED) is 0.909. The maximum Gasteiger partial charge on any atom is 0.142 e. The summed E-state index contributed by atoms with van der Waals surface area (Å²) in [7, 11) is 0. The summed E-state index contributed by atoms with van der Waals surface area (Å²) in [5.74, 6) is -0.765. The zero-order valence-corrected chi connectivity index (χ0v) is 12.5. The van der Waals surface area contributed by atoms with Crippen LogP contribution in [-0.4, -0.2) is 5.78 Å². The predicted octanol–water partition coefficient (Wildman–Crippen LogP) is 3.93. The van der Waals surface area contributed by atoms with Gasteiger partial charge in [0, 0.05) is 23.4 Å². The molecule has 0 heterocycles. The summed E-state index contributed by atoms with van der Waals surface area (Å²) in [6.45, 7) is 1.80. The van der Waals surface area contributed by atoms with Gasteiger partial charge in [-0.3, -0.25) is 4.79 Å².